The molecule has 2 heterocycles. The van der Waals surface area contributed by atoms with E-state index in [0.717, 1.165) is 39.0 Å². The smallest absolute Gasteiger partial charge is 0.254 e. The number of rotatable bonds is 5. The molecule has 0 aliphatic carbocycles. The summed E-state index contributed by atoms with van der Waals surface area (Å²) in [5.41, 5.74) is -0.660. The molecule has 7 nitrogen and oxygen atoms in total. The van der Waals surface area contributed by atoms with E-state index in [1.54, 1.807) is 7.11 Å². The topological polar surface area (TPSA) is 73.9 Å². The summed E-state index contributed by atoms with van der Waals surface area (Å²) in [6, 6.07) is 0. The summed E-state index contributed by atoms with van der Waals surface area (Å²) in [7, 11) is 1.63. The van der Waals surface area contributed by atoms with E-state index in [0.29, 0.717) is 26.2 Å². The van der Waals surface area contributed by atoms with Gasteiger partial charge in [0.15, 0.2) is 0 Å². The summed E-state index contributed by atoms with van der Waals surface area (Å²) >= 11 is 0. The lowest BCUT2D eigenvalue weighted by Crippen LogP contribution is -2.59. The molecular weight excluding hydrogens is 284 g/mol. The molecule has 0 aromatic carbocycles. The van der Waals surface area contributed by atoms with Gasteiger partial charge in [0.25, 0.3) is 5.91 Å². The number of ether oxygens (including phenoxy) is 1. The van der Waals surface area contributed by atoms with E-state index in [9.17, 15) is 9.59 Å². The van der Waals surface area contributed by atoms with Crippen molar-refractivity contribution in [3.05, 3.63) is 0 Å². The molecule has 2 amide bonds. The van der Waals surface area contributed by atoms with Crippen LogP contribution in [0, 0.1) is 0 Å². The highest BCUT2D eigenvalue weighted by molar-refractivity contribution is 5.85. The lowest BCUT2D eigenvalue weighted by atomic mass is 9.90. The molecule has 0 aromatic heterocycles. The van der Waals surface area contributed by atoms with Crippen molar-refractivity contribution in [3.8, 4) is 0 Å². The van der Waals surface area contributed by atoms with Crippen molar-refractivity contribution in [3.63, 3.8) is 0 Å². The number of hydrogen-bond donors (Lipinski definition) is 2. The zero-order valence-electron chi connectivity index (χ0n) is 13.7. The van der Waals surface area contributed by atoms with Crippen LogP contribution in [0.5, 0.6) is 0 Å². The van der Waals surface area contributed by atoms with Gasteiger partial charge in [-0.05, 0) is 32.9 Å². The van der Waals surface area contributed by atoms with Crippen LogP contribution in [-0.2, 0) is 14.3 Å². The van der Waals surface area contributed by atoms with E-state index in [4.69, 9.17) is 4.74 Å². The van der Waals surface area contributed by atoms with Gasteiger partial charge in [-0.1, -0.05) is 0 Å². The number of methoxy groups -OCH3 is 1. The fraction of sp³-hybridized carbons (Fsp3) is 0.867. The quantitative estimate of drug-likeness (QED) is 0.684. The average molecular weight is 312 g/mol. The van der Waals surface area contributed by atoms with Gasteiger partial charge in [0, 0.05) is 39.8 Å². The van der Waals surface area contributed by atoms with Gasteiger partial charge in [-0.25, -0.2) is 0 Å². The first-order chi connectivity index (χ1) is 10.6. The Balaban J connectivity index is 1.85. The largest absolute Gasteiger partial charge is 0.368 e. The molecule has 7 heteroatoms. The van der Waals surface area contributed by atoms with Gasteiger partial charge >= 0.3 is 0 Å². The molecule has 2 N–H and O–H groups in total. The van der Waals surface area contributed by atoms with Gasteiger partial charge in [-0.15, -0.1) is 0 Å². The second-order valence-electron chi connectivity index (χ2n) is 5.97. The second-order valence-corrected chi connectivity index (χ2v) is 5.97. The van der Waals surface area contributed by atoms with Crippen LogP contribution in [0.2, 0.25) is 0 Å². The Morgan fingerprint density at radius 1 is 1.18 bits per heavy atom. The number of nitrogens with one attached hydrogen (secondary N) is 2. The van der Waals surface area contributed by atoms with Crippen molar-refractivity contribution >= 4 is 11.8 Å². The number of amides is 2. The van der Waals surface area contributed by atoms with Crippen molar-refractivity contribution < 1.29 is 14.3 Å². The van der Waals surface area contributed by atoms with Gasteiger partial charge in [0.2, 0.25) is 5.91 Å². The number of likely N-dealkylation sites (N-methyl/N-ethyl adjacent to an activating group) is 1. The van der Waals surface area contributed by atoms with Crippen LogP contribution in [0.25, 0.3) is 0 Å². The van der Waals surface area contributed by atoms with E-state index < -0.39 is 5.60 Å². The zero-order valence-corrected chi connectivity index (χ0v) is 13.7. The van der Waals surface area contributed by atoms with Crippen LogP contribution in [0.15, 0.2) is 0 Å². The second kappa shape index (κ2) is 7.89. The third kappa shape index (κ3) is 3.97. The van der Waals surface area contributed by atoms with Crippen LogP contribution < -0.4 is 10.6 Å². The molecular formula is C15H28N4O3. The highest BCUT2D eigenvalue weighted by atomic mass is 16.5. The predicted octanol–water partition coefficient (Wildman–Crippen LogP) is -0.965. The Bertz CT molecular complexity index is 388. The number of carbonyl (C=O) groups excluding carboxylic acids is 2. The van der Waals surface area contributed by atoms with E-state index in [1.165, 1.54) is 0 Å². The fourth-order valence-electron chi connectivity index (χ4n) is 3.19. The lowest BCUT2D eigenvalue weighted by Gasteiger charge is -2.42. The molecule has 0 aromatic rings. The van der Waals surface area contributed by atoms with Crippen LogP contribution >= 0.6 is 0 Å². The van der Waals surface area contributed by atoms with Gasteiger partial charge in [0.1, 0.15) is 5.60 Å². The first-order valence-electron chi connectivity index (χ1n) is 8.15. The molecule has 22 heavy (non-hydrogen) atoms. The molecule has 0 radical (unpaired) electrons. The van der Waals surface area contributed by atoms with Crippen LogP contribution in [-0.4, -0.2) is 86.7 Å². The minimum atomic E-state index is -0.660. The molecule has 0 saturated carbocycles. The maximum atomic E-state index is 12.8. The van der Waals surface area contributed by atoms with Crippen molar-refractivity contribution in [1.82, 2.24) is 20.4 Å². The van der Waals surface area contributed by atoms with E-state index in [1.807, 2.05) is 11.8 Å². The highest BCUT2D eigenvalue weighted by Gasteiger charge is 2.42. The van der Waals surface area contributed by atoms with Crippen LogP contribution in [0.1, 0.15) is 19.8 Å². The number of carbonyl (C=O) groups is 2. The Labute approximate surface area is 132 Å². The Morgan fingerprint density at radius 2 is 1.82 bits per heavy atom. The Kier molecular flexibility index (Phi) is 6.16. The standard InChI is InChI=1S/C15H28N4O3/c1-3-17-13(20)12-18-8-10-19(11-9-18)14(21)15(22-2)4-6-16-7-5-15/h16H,3-12H2,1-2H3,(H,17,20). The first kappa shape index (κ1) is 17.2. The maximum Gasteiger partial charge on any atom is 0.254 e. The summed E-state index contributed by atoms with van der Waals surface area (Å²) in [4.78, 5) is 28.4. The van der Waals surface area contributed by atoms with E-state index in [2.05, 4.69) is 15.5 Å². The maximum absolute atomic E-state index is 12.8. The molecule has 0 bridgehead atoms. The number of piperidine rings is 1. The molecule has 2 aliphatic rings. The summed E-state index contributed by atoms with van der Waals surface area (Å²) in [6.45, 7) is 7.41. The van der Waals surface area contributed by atoms with Gasteiger partial charge < -0.3 is 20.3 Å². The van der Waals surface area contributed by atoms with E-state index in [-0.39, 0.29) is 11.8 Å². The molecule has 2 rings (SSSR count). The average Bonchev–Trinajstić information content (AvgIpc) is 2.56. The molecule has 0 atom stereocenters. The van der Waals surface area contributed by atoms with Crippen molar-refractivity contribution in [1.29, 1.82) is 0 Å². The number of piperazine rings is 1. The zero-order chi connectivity index (χ0) is 16.0. The molecule has 0 spiro atoms. The summed E-state index contributed by atoms with van der Waals surface area (Å²) in [5.74, 6) is 0.156. The third-order valence-corrected chi connectivity index (χ3v) is 4.59. The Hall–Kier alpha value is -1.18. The highest BCUT2D eigenvalue weighted by Crippen LogP contribution is 2.25. The lowest BCUT2D eigenvalue weighted by molar-refractivity contribution is -0.160. The minimum absolute atomic E-state index is 0.0500. The normalized spacial score (nSPS) is 22.4. The first-order valence-corrected chi connectivity index (χ1v) is 8.15. The van der Waals surface area contributed by atoms with Gasteiger partial charge in [-0.3, -0.25) is 14.5 Å². The minimum Gasteiger partial charge on any atom is -0.368 e. The molecule has 126 valence electrons. The van der Waals surface area contributed by atoms with Crippen molar-refractivity contribution in [2.75, 3.05) is 59.5 Å². The molecule has 2 saturated heterocycles. The SMILES string of the molecule is CCNC(=O)CN1CCN(C(=O)C2(OC)CCNCC2)CC1. The van der Waals surface area contributed by atoms with Gasteiger partial charge in [-0.2, -0.15) is 0 Å². The number of nitrogens with zero attached hydrogens (tertiary/aromatic N) is 2. The monoisotopic (exact) mass is 312 g/mol. The predicted molar refractivity (Wildman–Crippen MR) is 83.5 cm³/mol. The number of hydrogen-bond acceptors (Lipinski definition) is 5. The molecule has 2 fully saturated rings. The summed E-state index contributed by atoms with van der Waals surface area (Å²) in [5, 5.41) is 6.07. The van der Waals surface area contributed by atoms with Gasteiger partial charge in [0.05, 0.1) is 6.54 Å². The van der Waals surface area contributed by atoms with Crippen LogP contribution in [0.4, 0.5) is 0 Å². The Morgan fingerprint density at radius 3 is 2.36 bits per heavy atom. The fourth-order valence-corrected chi connectivity index (χ4v) is 3.19. The van der Waals surface area contributed by atoms with Crippen LogP contribution in [0.3, 0.4) is 0 Å². The summed E-state index contributed by atoms with van der Waals surface area (Å²) in [6.07, 6.45) is 1.45. The van der Waals surface area contributed by atoms with Crippen molar-refractivity contribution in [2.45, 2.75) is 25.4 Å². The van der Waals surface area contributed by atoms with E-state index >= 15 is 0 Å². The third-order valence-electron chi connectivity index (χ3n) is 4.59. The van der Waals surface area contributed by atoms with Crippen molar-refractivity contribution in [2.24, 2.45) is 0 Å². The molecule has 2 aliphatic heterocycles. The molecule has 0 unspecified atom stereocenters. The summed E-state index contributed by atoms with van der Waals surface area (Å²) < 4.78 is 5.61.